The fourth-order valence-corrected chi connectivity index (χ4v) is 2.90. The lowest BCUT2D eigenvalue weighted by atomic mass is 10.00. The van der Waals surface area contributed by atoms with Crippen LogP contribution in [-0.4, -0.2) is 14.7 Å². The Labute approximate surface area is 128 Å². The topological polar surface area (TPSA) is 60.2 Å². The molecule has 0 heterocycles. The van der Waals surface area contributed by atoms with E-state index in [1.54, 1.807) is 30.3 Å². The third-order valence-corrected chi connectivity index (χ3v) is 4.67. The Morgan fingerprint density at radius 1 is 1.05 bits per heavy atom. The second-order valence-electron chi connectivity index (χ2n) is 4.48. The summed E-state index contributed by atoms with van der Waals surface area (Å²) in [5.41, 5.74) is 7.62. The van der Waals surface area contributed by atoms with Gasteiger partial charge in [0, 0.05) is 16.3 Å². The van der Waals surface area contributed by atoms with Gasteiger partial charge in [-0.15, -0.1) is 0 Å². The lowest BCUT2D eigenvalue weighted by Crippen LogP contribution is -2.12. The van der Waals surface area contributed by atoms with Gasteiger partial charge >= 0.3 is 0 Å². The van der Waals surface area contributed by atoms with Crippen molar-refractivity contribution in [2.24, 2.45) is 5.73 Å². The largest absolute Gasteiger partial charge is 0.320 e. The molecule has 20 heavy (non-hydrogen) atoms. The molecule has 0 spiro atoms. The molecule has 6 heteroatoms. The van der Waals surface area contributed by atoms with Crippen molar-refractivity contribution >= 4 is 33.0 Å². The predicted molar refractivity (Wildman–Crippen MR) is 82.0 cm³/mol. The van der Waals surface area contributed by atoms with E-state index in [1.165, 1.54) is 12.1 Å². The van der Waals surface area contributed by atoms with Gasteiger partial charge in [0.05, 0.1) is 10.9 Å². The van der Waals surface area contributed by atoms with E-state index < -0.39 is 15.9 Å². The molecule has 1 atom stereocenters. The Hall–Kier alpha value is -1.07. The van der Waals surface area contributed by atoms with Crippen molar-refractivity contribution in [1.82, 2.24) is 0 Å². The first kappa shape index (κ1) is 15.3. The van der Waals surface area contributed by atoms with Crippen LogP contribution in [0.4, 0.5) is 0 Å². The maximum Gasteiger partial charge on any atom is 0.175 e. The van der Waals surface area contributed by atoms with Gasteiger partial charge in [0.1, 0.15) is 0 Å². The van der Waals surface area contributed by atoms with Gasteiger partial charge < -0.3 is 5.73 Å². The number of nitrogens with two attached hydrogens (primary N) is 1. The van der Waals surface area contributed by atoms with Crippen LogP contribution in [0.2, 0.25) is 10.0 Å². The molecule has 0 aliphatic heterocycles. The van der Waals surface area contributed by atoms with Gasteiger partial charge in [-0.2, -0.15) is 0 Å². The number of halogens is 2. The van der Waals surface area contributed by atoms with Gasteiger partial charge in [0.15, 0.2) is 9.84 Å². The number of benzene rings is 2. The van der Waals surface area contributed by atoms with E-state index in [4.69, 9.17) is 28.9 Å². The van der Waals surface area contributed by atoms with Crippen molar-refractivity contribution in [1.29, 1.82) is 0 Å². The Bertz CT molecular complexity index is 727. The molecule has 2 rings (SSSR count). The third kappa shape index (κ3) is 3.33. The van der Waals surface area contributed by atoms with E-state index in [-0.39, 0.29) is 4.90 Å². The van der Waals surface area contributed by atoms with Crippen LogP contribution in [0.15, 0.2) is 47.4 Å². The van der Waals surface area contributed by atoms with E-state index in [0.717, 1.165) is 11.8 Å². The Morgan fingerprint density at radius 3 is 2.20 bits per heavy atom. The summed E-state index contributed by atoms with van der Waals surface area (Å²) in [6, 6.07) is 11.0. The molecule has 0 saturated heterocycles. The molecule has 2 aromatic rings. The molecule has 0 aliphatic carbocycles. The molecule has 0 aliphatic rings. The molecular weight excluding hydrogens is 317 g/mol. The van der Waals surface area contributed by atoms with E-state index in [1.807, 2.05) is 0 Å². The van der Waals surface area contributed by atoms with Crippen molar-refractivity contribution < 1.29 is 8.42 Å². The molecule has 0 amide bonds. The molecule has 106 valence electrons. The molecule has 0 radical (unpaired) electrons. The molecule has 2 N–H and O–H groups in total. The van der Waals surface area contributed by atoms with Crippen molar-refractivity contribution in [3.63, 3.8) is 0 Å². The summed E-state index contributed by atoms with van der Waals surface area (Å²) in [7, 11) is -3.21. The summed E-state index contributed by atoms with van der Waals surface area (Å²) in [6.45, 7) is 0. The molecular formula is C14H13Cl2NO2S. The quantitative estimate of drug-likeness (QED) is 0.938. The van der Waals surface area contributed by atoms with Crippen molar-refractivity contribution in [3.05, 3.63) is 63.6 Å². The fourth-order valence-electron chi connectivity index (χ4n) is 1.85. The first-order chi connectivity index (χ1) is 9.29. The normalized spacial score (nSPS) is 13.2. The maximum atomic E-state index is 11.4. The van der Waals surface area contributed by atoms with Crippen molar-refractivity contribution in [3.8, 4) is 0 Å². The molecule has 3 nitrogen and oxygen atoms in total. The van der Waals surface area contributed by atoms with Crippen LogP contribution in [0.3, 0.4) is 0 Å². The second kappa shape index (κ2) is 5.74. The standard InChI is InChI=1S/C14H13Cl2NO2S/c1-20(18,19)11-5-2-9(3-6-11)14(17)12-8-10(15)4-7-13(12)16/h2-8,14H,17H2,1H3. The highest BCUT2D eigenvalue weighted by Gasteiger charge is 2.14. The van der Waals surface area contributed by atoms with Crippen LogP contribution in [0.25, 0.3) is 0 Å². The van der Waals surface area contributed by atoms with E-state index in [0.29, 0.717) is 15.6 Å². The molecule has 0 fully saturated rings. The van der Waals surface area contributed by atoms with Crippen LogP contribution >= 0.6 is 23.2 Å². The highest BCUT2D eigenvalue weighted by atomic mass is 35.5. The Morgan fingerprint density at radius 2 is 1.65 bits per heavy atom. The number of rotatable bonds is 3. The van der Waals surface area contributed by atoms with Gasteiger partial charge in [-0.3, -0.25) is 0 Å². The molecule has 0 aromatic heterocycles. The summed E-state index contributed by atoms with van der Waals surface area (Å²) in [6.07, 6.45) is 1.16. The zero-order valence-corrected chi connectivity index (χ0v) is 13.0. The van der Waals surface area contributed by atoms with Crippen LogP contribution in [-0.2, 0) is 9.84 Å². The summed E-state index contributed by atoms with van der Waals surface area (Å²) in [4.78, 5) is 0.255. The summed E-state index contributed by atoms with van der Waals surface area (Å²) in [5.74, 6) is 0. The highest BCUT2D eigenvalue weighted by Crippen LogP contribution is 2.29. The summed E-state index contributed by atoms with van der Waals surface area (Å²) < 4.78 is 22.8. The average Bonchev–Trinajstić information content (AvgIpc) is 2.40. The smallest absolute Gasteiger partial charge is 0.175 e. The first-order valence-corrected chi connectivity index (χ1v) is 8.44. The zero-order chi connectivity index (χ0) is 14.9. The van der Waals surface area contributed by atoms with Gasteiger partial charge in [0.25, 0.3) is 0 Å². The lowest BCUT2D eigenvalue weighted by molar-refractivity contribution is 0.602. The molecule has 2 aromatic carbocycles. The first-order valence-electron chi connectivity index (χ1n) is 5.79. The fraction of sp³-hybridized carbons (Fsp3) is 0.143. The minimum absolute atomic E-state index is 0.255. The predicted octanol–water partition coefficient (Wildman–Crippen LogP) is 3.45. The van der Waals surface area contributed by atoms with E-state index in [9.17, 15) is 8.42 Å². The van der Waals surface area contributed by atoms with Crippen molar-refractivity contribution in [2.75, 3.05) is 6.26 Å². The highest BCUT2D eigenvalue weighted by molar-refractivity contribution is 7.90. The lowest BCUT2D eigenvalue weighted by Gasteiger charge is -2.15. The average molecular weight is 330 g/mol. The van der Waals surface area contributed by atoms with Crippen molar-refractivity contribution in [2.45, 2.75) is 10.9 Å². The number of sulfone groups is 1. The van der Waals surface area contributed by atoms with Gasteiger partial charge in [-0.1, -0.05) is 35.3 Å². The van der Waals surface area contributed by atoms with Crippen LogP contribution in [0.5, 0.6) is 0 Å². The SMILES string of the molecule is CS(=O)(=O)c1ccc(C(N)c2cc(Cl)ccc2Cl)cc1. The number of hydrogen-bond acceptors (Lipinski definition) is 3. The summed E-state index contributed by atoms with van der Waals surface area (Å²) in [5, 5.41) is 1.07. The summed E-state index contributed by atoms with van der Waals surface area (Å²) >= 11 is 12.1. The maximum absolute atomic E-state index is 11.4. The molecule has 0 bridgehead atoms. The van der Waals surface area contributed by atoms with Crippen LogP contribution in [0.1, 0.15) is 17.2 Å². The van der Waals surface area contributed by atoms with Crippen LogP contribution in [0, 0.1) is 0 Å². The Balaban J connectivity index is 2.39. The van der Waals surface area contributed by atoms with Gasteiger partial charge in [-0.25, -0.2) is 8.42 Å². The van der Waals surface area contributed by atoms with Gasteiger partial charge in [-0.05, 0) is 41.5 Å². The third-order valence-electron chi connectivity index (χ3n) is 2.96. The second-order valence-corrected chi connectivity index (χ2v) is 7.34. The Kier molecular flexibility index (Phi) is 4.39. The number of hydrogen-bond donors (Lipinski definition) is 1. The van der Waals surface area contributed by atoms with Gasteiger partial charge in [0.2, 0.25) is 0 Å². The molecule has 1 unspecified atom stereocenters. The van der Waals surface area contributed by atoms with Crippen LogP contribution < -0.4 is 5.73 Å². The minimum atomic E-state index is -3.21. The molecule has 0 saturated carbocycles. The zero-order valence-electron chi connectivity index (χ0n) is 10.7. The minimum Gasteiger partial charge on any atom is -0.320 e. The monoisotopic (exact) mass is 329 g/mol. The van der Waals surface area contributed by atoms with E-state index >= 15 is 0 Å². The van der Waals surface area contributed by atoms with E-state index in [2.05, 4.69) is 0 Å².